The predicted molar refractivity (Wildman–Crippen MR) is 78.7 cm³/mol. The Bertz CT molecular complexity index is 899. The fourth-order valence-electron chi connectivity index (χ4n) is 2.13. The van der Waals surface area contributed by atoms with Crippen LogP contribution >= 0.6 is 11.3 Å². The molecule has 0 saturated carbocycles. The molecule has 0 atom stereocenters. The maximum Gasteiger partial charge on any atom is 0.340 e. The van der Waals surface area contributed by atoms with Crippen LogP contribution in [0.15, 0.2) is 10.9 Å². The number of rotatable bonds is 3. The Morgan fingerprint density at radius 2 is 2.24 bits per heavy atom. The SMILES string of the molecule is CCOC(=O)c1cc2c(nc1CC)sc1c(=O)[nH]nnc12. The molecule has 0 aliphatic rings. The van der Waals surface area contributed by atoms with Crippen LogP contribution in [0.2, 0.25) is 0 Å². The maximum atomic E-state index is 12.0. The molecular weight excluding hydrogens is 292 g/mol. The van der Waals surface area contributed by atoms with Crippen LogP contribution in [0.3, 0.4) is 0 Å². The number of pyridine rings is 1. The van der Waals surface area contributed by atoms with Crippen LogP contribution in [0.5, 0.6) is 0 Å². The molecule has 0 bridgehead atoms. The highest BCUT2D eigenvalue weighted by molar-refractivity contribution is 7.25. The molecule has 0 radical (unpaired) electrons. The molecule has 0 fully saturated rings. The van der Waals surface area contributed by atoms with Gasteiger partial charge in [0.05, 0.1) is 17.9 Å². The Morgan fingerprint density at radius 1 is 1.43 bits per heavy atom. The minimum Gasteiger partial charge on any atom is -0.462 e. The monoisotopic (exact) mass is 304 g/mol. The predicted octanol–water partition coefficient (Wildman–Crippen LogP) is 1.67. The molecule has 0 saturated heterocycles. The second kappa shape index (κ2) is 5.21. The summed E-state index contributed by atoms with van der Waals surface area (Å²) in [6.07, 6.45) is 0.598. The number of thiophene rings is 1. The van der Waals surface area contributed by atoms with Crippen LogP contribution in [-0.2, 0) is 11.2 Å². The van der Waals surface area contributed by atoms with E-state index in [4.69, 9.17) is 4.74 Å². The minimum atomic E-state index is -0.416. The molecular formula is C13H12N4O3S. The Morgan fingerprint density at radius 3 is 2.95 bits per heavy atom. The first-order valence-corrected chi connectivity index (χ1v) is 7.32. The van der Waals surface area contributed by atoms with Gasteiger partial charge >= 0.3 is 5.97 Å². The van der Waals surface area contributed by atoms with Crippen molar-refractivity contribution in [1.82, 2.24) is 20.4 Å². The van der Waals surface area contributed by atoms with Crippen molar-refractivity contribution < 1.29 is 9.53 Å². The minimum absolute atomic E-state index is 0.296. The number of nitrogens with one attached hydrogen (secondary N) is 1. The number of H-pyrrole nitrogens is 1. The van der Waals surface area contributed by atoms with Gasteiger partial charge < -0.3 is 4.74 Å². The van der Waals surface area contributed by atoms with Gasteiger partial charge in [-0.25, -0.2) is 14.9 Å². The molecule has 108 valence electrons. The highest BCUT2D eigenvalue weighted by atomic mass is 32.1. The van der Waals surface area contributed by atoms with Gasteiger partial charge in [0.2, 0.25) is 0 Å². The average molecular weight is 304 g/mol. The first-order valence-electron chi connectivity index (χ1n) is 6.50. The molecule has 7 nitrogen and oxygen atoms in total. The Kier molecular flexibility index (Phi) is 3.38. The summed E-state index contributed by atoms with van der Waals surface area (Å²) in [6.45, 7) is 3.96. The van der Waals surface area contributed by atoms with E-state index in [0.717, 1.165) is 0 Å². The van der Waals surface area contributed by atoms with E-state index >= 15 is 0 Å². The van der Waals surface area contributed by atoms with Crippen LogP contribution in [-0.4, -0.2) is 33.0 Å². The van der Waals surface area contributed by atoms with Crippen molar-refractivity contribution in [2.24, 2.45) is 0 Å². The fraction of sp³-hybridized carbons (Fsp3) is 0.308. The van der Waals surface area contributed by atoms with E-state index in [2.05, 4.69) is 20.4 Å². The first-order chi connectivity index (χ1) is 10.2. The smallest absolute Gasteiger partial charge is 0.340 e. The number of ether oxygens (including phenoxy) is 1. The lowest BCUT2D eigenvalue weighted by Crippen LogP contribution is -2.09. The Hall–Kier alpha value is -2.35. The number of hydrogen-bond acceptors (Lipinski definition) is 7. The van der Waals surface area contributed by atoms with E-state index in [0.29, 0.717) is 44.7 Å². The number of carbonyl (C=O) groups is 1. The quantitative estimate of drug-likeness (QED) is 0.739. The first kappa shape index (κ1) is 13.6. The van der Waals surface area contributed by atoms with Crippen LogP contribution in [0.4, 0.5) is 0 Å². The molecule has 3 heterocycles. The van der Waals surface area contributed by atoms with E-state index < -0.39 is 5.97 Å². The van der Waals surface area contributed by atoms with Gasteiger partial charge in [-0.05, 0) is 19.4 Å². The number of carbonyl (C=O) groups excluding carboxylic acids is 1. The van der Waals surface area contributed by atoms with E-state index in [9.17, 15) is 9.59 Å². The van der Waals surface area contributed by atoms with Gasteiger partial charge in [-0.3, -0.25) is 4.79 Å². The van der Waals surface area contributed by atoms with Gasteiger partial charge in [0.1, 0.15) is 15.0 Å². The normalized spacial score (nSPS) is 11.1. The third-order valence-electron chi connectivity index (χ3n) is 3.07. The molecule has 0 aliphatic heterocycles. The van der Waals surface area contributed by atoms with E-state index in [1.165, 1.54) is 11.3 Å². The van der Waals surface area contributed by atoms with E-state index in [1.54, 1.807) is 13.0 Å². The molecule has 8 heteroatoms. The third kappa shape index (κ3) is 2.17. The molecule has 21 heavy (non-hydrogen) atoms. The number of aromatic amines is 1. The molecule has 0 amide bonds. The van der Waals surface area contributed by atoms with Gasteiger partial charge in [-0.2, -0.15) is 0 Å². The average Bonchev–Trinajstić information content (AvgIpc) is 2.85. The number of nitrogens with zero attached hydrogens (tertiary/aromatic N) is 3. The second-order valence-electron chi connectivity index (χ2n) is 4.33. The zero-order valence-corrected chi connectivity index (χ0v) is 12.3. The van der Waals surface area contributed by atoms with Gasteiger partial charge in [0.25, 0.3) is 5.56 Å². The summed E-state index contributed by atoms with van der Waals surface area (Å²) in [5.74, 6) is -0.416. The van der Waals surface area contributed by atoms with E-state index in [1.807, 2.05) is 6.92 Å². The highest BCUT2D eigenvalue weighted by Crippen LogP contribution is 2.30. The van der Waals surface area contributed by atoms with Crippen molar-refractivity contribution in [2.45, 2.75) is 20.3 Å². The van der Waals surface area contributed by atoms with Crippen molar-refractivity contribution in [3.63, 3.8) is 0 Å². The molecule has 3 rings (SSSR count). The topological polar surface area (TPSA) is 97.8 Å². The fourth-order valence-corrected chi connectivity index (χ4v) is 3.13. The number of hydrogen-bond donors (Lipinski definition) is 1. The second-order valence-corrected chi connectivity index (χ2v) is 5.33. The van der Waals surface area contributed by atoms with Crippen LogP contribution in [0.1, 0.15) is 29.9 Å². The number of aryl methyl sites for hydroxylation is 1. The largest absolute Gasteiger partial charge is 0.462 e. The summed E-state index contributed by atoms with van der Waals surface area (Å²) >= 11 is 1.24. The zero-order valence-electron chi connectivity index (χ0n) is 11.5. The summed E-state index contributed by atoms with van der Waals surface area (Å²) in [7, 11) is 0. The number of aromatic nitrogens is 4. The molecule has 3 aromatic heterocycles. The van der Waals surface area contributed by atoms with Crippen LogP contribution in [0.25, 0.3) is 20.4 Å². The maximum absolute atomic E-state index is 12.0. The van der Waals surface area contributed by atoms with Crippen molar-refractivity contribution in [2.75, 3.05) is 6.61 Å². The summed E-state index contributed by atoms with van der Waals surface area (Å²) in [4.78, 5) is 28.9. The van der Waals surface area contributed by atoms with Gasteiger partial charge in [0, 0.05) is 5.39 Å². The molecule has 3 aromatic rings. The lowest BCUT2D eigenvalue weighted by molar-refractivity contribution is 0.0525. The summed E-state index contributed by atoms with van der Waals surface area (Å²) in [5, 5.41) is 10.5. The van der Waals surface area contributed by atoms with E-state index in [-0.39, 0.29) is 5.56 Å². The standard InChI is InChI=1S/C13H12N4O3S/c1-3-8-6(13(19)20-4-2)5-7-9-10(21-12(7)14-8)11(18)16-17-15-9/h5H,3-4H2,1-2H3,(H,15,16,18). The number of esters is 1. The van der Waals surface area contributed by atoms with Crippen molar-refractivity contribution in [3.8, 4) is 0 Å². The van der Waals surface area contributed by atoms with Crippen molar-refractivity contribution in [3.05, 3.63) is 27.7 Å². The highest BCUT2D eigenvalue weighted by Gasteiger charge is 2.18. The summed E-state index contributed by atoms with van der Waals surface area (Å²) in [5.41, 5.74) is 1.21. The van der Waals surface area contributed by atoms with Gasteiger partial charge in [-0.15, -0.1) is 16.4 Å². The van der Waals surface area contributed by atoms with Crippen molar-refractivity contribution >= 4 is 37.7 Å². The van der Waals surface area contributed by atoms with Crippen LogP contribution in [0, 0.1) is 0 Å². The van der Waals surface area contributed by atoms with Gasteiger partial charge in [-0.1, -0.05) is 12.1 Å². The third-order valence-corrected chi connectivity index (χ3v) is 4.16. The molecule has 0 aromatic carbocycles. The summed E-state index contributed by atoms with van der Waals surface area (Å²) < 4.78 is 5.51. The Labute approximate surface area is 123 Å². The lowest BCUT2D eigenvalue weighted by Gasteiger charge is -2.06. The molecule has 1 N–H and O–H groups in total. The number of fused-ring (bicyclic) bond motifs is 3. The molecule has 0 aliphatic carbocycles. The molecule has 0 spiro atoms. The Balaban J connectivity index is 2.34. The van der Waals surface area contributed by atoms with Crippen LogP contribution < -0.4 is 5.56 Å². The zero-order chi connectivity index (χ0) is 15.0. The van der Waals surface area contributed by atoms with Gasteiger partial charge in [0.15, 0.2) is 0 Å². The van der Waals surface area contributed by atoms with Crippen molar-refractivity contribution in [1.29, 1.82) is 0 Å². The lowest BCUT2D eigenvalue weighted by atomic mass is 10.1. The molecule has 0 unspecified atom stereocenters. The summed E-state index contributed by atoms with van der Waals surface area (Å²) in [6, 6.07) is 1.69.